The molecule has 0 aliphatic carbocycles. The molecule has 0 unspecified atom stereocenters. The maximum absolute atomic E-state index is 12.6. The maximum atomic E-state index is 12.6. The van der Waals surface area contributed by atoms with Crippen LogP contribution in [0.1, 0.15) is 17.3 Å². The first-order valence-corrected chi connectivity index (χ1v) is 10.2. The SMILES string of the molecule is CC(=O)c1ccc(S(=O)(=O)Nc2cccc(NC(=O)Nc3ccccc3)c2)cc1. The quantitative estimate of drug-likeness (QED) is 0.527. The van der Waals surface area contributed by atoms with Gasteiger partial charge in [-0.15, -0.1) is 0 Å². The van der Waals surface area contributed by atoms with Crippen LogP contribution in [0.3, 0.4) is 0 Å². The molecule has 0 aliphatic rings. The highest BCUT2D eigenvalue weighted by Crippen LogP contribution is 2.20. The molecule has 0 spiro atoms. The van der Waals surface area contributed by atoms with Crippen molar-refractivity contribution < 1.29 is 18.0 Å². The number of benzene rings is 3. The lowest BCUT2D eigenvalue weighted by atomic mass is 10.2. The fourth-order valence-corrected chi connectivity index (χ4v) is 3.61. The Kier molecular flexibility index (Phi) is 5.94. The summed E-state index contributed by atoms with van der Waals surface area (Å²) in [4.78, 5) is 23.5. The summed E-state index contributed by atoms with van der Waals surface area (Å²) in [5, 5.41) is 5.34. The molecule has 0 aliphatic heterocycles. The summed E-state index contributed by atoms with van der Waals surface area (Å²) >= 11 is 0. The topological polar surface area (TPSA) is 104 Å². The number of para-hydroxylation sites is 1. The van der Waals surface area contributed by atoms with E-state index in [0.29, 0.717) is 16.9 Å². The van der Waals surface area contributed by atoms with Crippen molar-refractivity contribution in [2.24, 2.45) is 0 Å². The highest BCUT2D eigenvalue weighted by atomic mass is 32.2. The van der Waals surface area contributed by atoms with Crippen LogP contribution in [-0.2, 0) is 10.0 Å². The molecular weight excluding hydrogens is 390 g/mol. The number of carbonyl (C=O) groups is 2. The van der Waals surface area contributed by atoms with Gasteiger partial charge in [0.15, 0.2) is 5.78 Å². The summed E-state index contributed by atoms with van der Waals surface area (Å²) in [5.74, 6) is -0.144. The van der Waals surface area contributed by atoms with E-state index in [0.717, 1.165) is 0 Å². The molecule has 3 rings (SSSR count). The molecule has 7 nitrogen and oxygen atoms in total. The molecule has 2 amide bonds. The average molecular weight is 409 g/mol. The van der Waals surface area contributed by atoms with Crippen molar-refractivity contribution in [3.63, 3.8) is 0 Å². The number of anilines is 3. The van der Waals surface area contributed by atoms with Crippen molar-refractivity contribution >= 4 is 38.9 Å². The Hall–Kier alpha value is -3.65. The smallest absolute Gasteiger partial charge is 0.308 e. The molecule has 3 aromatic rings. The van der Waals surface area contributed by atoms with Crippen LogP contribution < -0.4 is 15.4 Å². The van der Waals surface area contributed by atoms with Gasteiger partial charge in [0.2, 0.25) is 0 Å². The van der Waals surface area contributed by atoms with E-state index in [1.165, 1.54) is 37.3 Å². The summed E-state index contributed by atoms with van der Waals surface area (Å²) in [6.07, 6.45) is 0. The van der Waals surface area contributed by atoms with Gasteiger partial charge in [0.05, 0.1) is 10.6 Å². The fraction of sp³-hybridized carbons (Fsp3) is 0.0476. The van der Waals surface area contributed by atoms with E-state index in [9.17, 15) is 18.0 Å². The average Bonchev–Trinajstić information content (AvgIpc) is 2.68. The number of carbonyl (C=O) groups excluding carboxylic acids is 2. The Morgan fingerprint density at radius 3 is 1.97 bits per heavy atom. The normalized spacial score (nSPS) is 10.8. The predicted molar refractivity (Wildman–Crippen MR) is 113 cm³/mol. The number of hydrogen-bond acceptors (Lipinski definition) is 4. The van der Waals surface area contributed by atoms with Crippen molar-refractivity contribution in [2.45, 2.75) is 11.8 Å². The Morgan fingerprint density at radius 2 is 1.31 bits per heavy atom. The lowest BCUT2D eigenvalue weighted by Gasteiger charge is -2.11. The van der Waals surface area contributed by atoms with Gasteiger partial charge in [-0.1, -0.05) is 36.4 Å². The van der Waals surface area contributed by atoms with Crippen molar-refractivity contribution in [2.75, 3.05) is 15.4 Å². The van der Waals surface area contributed by atoms with Crippen molar-refractivity contribution in [1.82, 2.24) is 0 Å². The van der Waals surface area contributed by atoms with E-state index in [-0.39, 0.29) is 16.4 Å². The van der Waals surface area contributed by atoms with Gasteiger partial charge in [-0.05, 0) is 49.4 Å². The Morgan fingerprint density at radius 1 is 0.724 bits per heavy atom. The van der Waals surface area contributed by atoms with Crippen LogP contribution >= 0.6 is 0 Å². The number of Topliss-reactive ketones (excluding diaryl/α,β-unsaturated/α-hetero) is 1. The number of rotatable bonds is 6. The van der Waals surface area contributed by atoms with Crippen LogP contribution in [0.4, 0.5) is 21.9 Å². The van der Waals surface area contributed by atoms with Crippen molar-refractivity contribution in [1.29, 1.82) is 0 Å². The Labute approximate surface area is 168 Å². The highest BCUT2D eigenvalue weighted by molar-refractivity contribution is 7.92. The lowest BCUT2D eigenvalue weighted by molar-refractivity contribution is 0.101. The zero-order chi connectivity index (χ0) is 20.9. The number of amides is 2. The predicted octanol–water partition coefficient (Wildman–Crippen LogP) is 4.33. The zero-order valence-corrected chi connectivity index (χ0v) is 16.4. The number of nitrogens with one attached hydrogen (secondary N) is 3. The Bertz CT molecular complexity index is 1130. The molecule has 0 saturated carbocycles. The molecule has 3 N–H and O–H groups in total. The van der Waals surface area contributed by atoms with Gasteiger partial charge in [-0.2, -0.15) is 0 Å². The molecule has 3 aromatic carbocycles. The second-order valence-corrected chi connectivity index (χ2v) is 7.89. The minimum absolute atomic E-state index is 0.0303. The van der Waals surface area contributed by atoms with Gasteiger partial charge >= 0.3 is 6.03 Å². The van der Waals surface area contributed by atoms with Crippen LogP contribution in [0.25, 0.3) is 0 Å². The summed E-state index contributed by atoms with van der Waals surface area (Å²) in [5.41, 5.74) is 1.78. The Balaban J connectivity index is 1.70. The van der Waals surface area contributed by atoms with E-state index in [4.69, 9.17) is 0 Å². The van der Waals surface area contributed by atoms with E-state index in [2.05, 4.69) is 15.4 Å². The molecular formula is C21H19N3O4S. The minimum atomic E-state index is -3.84. The second kappa shape index (κ2) is 8.57. The highest BCUT2D eigenvalue weighted by Gasteiger charge is 2.15. The molecule has 0 atom stereocenters. The first-order valence-electron chi connectivity index (χ1n) is 8.70. The number of hydrogen-bond donors (Lipinski definition) is 3. The fourth-order valence-electron chi connectivity index (χ4n) is 2.56. The lowest BCUT2D eigenvalue weighted by Crippen LogP contribution is -2.19. The van der Waals surface area contributed by atoms with E-state index in [1.54, 1.807) is 42.5 Å². The van der Waals surface area contributed by atoms with E-state index in [1.807, 2.05) is 6.07 Å². The second-order valence-electron chi connectivity index (χ2n) is 6.21. The van der Waals surface area contributed by atoms with Crippen LogP contribution in [0.15, 0.2) is 83.8 Å². The van der Waals surface area contributed by atoms with Crippen molar-refractivity contribution in [3.05, 3.63) is 84.4 Å². The van der Waals surface area contributed by atoms with Gasteiger partial charge in [-0.3, -0.25) is 9.52 Å². The third kappa shape index (κ3) is 5.43. The van der Waals surface area contributed by atoms with Gasteiger partial charge in [0, 0.05) is 16.9 Å². The maximum Gasteiger partial charge on any atom is 0.323 e. The van der Waals surface area contributed by atoms with Crippen LogP contribution in [0, 0.1) is 0 Å². The molecule has 8 heteroatoms. The number of ketones is 1. The van der Waals surface area contributed by atoms with Gasteiger partial charge in [0.1, 0.15) is 0 Å². The standard InChI is InChI=1S/C21H19N3O4S/c1-15(25)16-10-12-20(13-11-16)29(27,28)24-19-9-5-8-18(14-19)23-21(26)22-17-6-3-2-4-7-17/h2-14,24H,1H3,(H2,22,23,26). The minimum Gasteiger partial charge on any atom is -0.308 e. The number of urea groups is 1. The van der Waals surface area contributed by atoms with Crippen LogP contribution in [0.5, 0.6) is 0 Å². The monoisotopic (exact) mass is 409 g/mol. The third-order valence-corrected chi connectivity index (χ3v) is 5.37. The molecule has 29 heavy (non-hydrogen) atoms. The molecule has 0 saturated heterocycles. The summed E-state index contributed by atoms with van der Waals surface area (Å²) in [7, 11) is -3.84. The third-order valence-electron chi connectivity index (χ3n) is 3.98. The molecule has 0 fully saturated rings. The zero-order valence-electron chi connectivity index (χ0n) is 15.5. The summed E-state index contributed by atoms with van der Waals surface area (Å²) in [6.45, 7) is 1.41. The van der Waals surface area contributed by atoms with Gasteiger partial charge in [0.25, 0.3) is 10.0 Å². The summed E-state index contributed by atoms with van der Waals surface area (Å²) in [6, 6.07) is 20.5. The van der Waals surface area contributed by atoms with Gasteiger partial charge < -0.3 is 10.6 Å². The molecule has 0 aromatic heterocycles. The first kappa shape index (κ1) is 20.1. The van der Waals surface area contributed by atoms with Crippen molar-refractivity contribution in [3.8, 4) is 0 Å². The van der Waals surface area contributed by atoms with E-state index >= 15 is 0 Å². The first-order chi connectivity index (χ1) is 13.8. The van der Waals surface area contributed by atoms with Crippen LogP contribution in [-0.4, -0.2) is 20.2 Å². The molecule has 0 radical (unpaired) electrons. The molecule has 0 heterocycles. The van der Waals surface area contributed by atoms with E-state index < -0.39 is 16.1 Å². The van der Waals surface area contributed by atoms with Crippen LogP contribution in [0.2, 0.25) is 0 Å². The van der Waals surface area contributed by atoms with Gasteiger partial charge in [-0.25, -0.2) is 13.2 Å². The largest absolute Gasteiger partial charge is 0.323 e. The summed E-state index contributed by atoms with van der Waals surface area (Å²) < 4.78 is 27.6. The molecule has 0 bridgehead atoms. The number of sulfonamides is 1. The molecule has 148 valence electrons.